The van der Waals surface area contributed by atoms with Gasteiger partial charge in [0.05, 0.1) is 0 Å². The Hall–Kier alpha value is -1.35. The van der Waals surface area contributed by atoms with Gasteiger partial charge >= 0.3 is 0 Å². The third-order valence-corrected chi connectivity index (χ3v) is 4.55. The lowest BCUT2D eigenvalue weighted by Gasteiger charge is -2.35. The minimum Gasteiger partial charge on any atom is -0.339 e. The van der Waals surface area contributed by atoms with Crippen LogP contribution in [0.1, 0.15) is 49.5 Å². The molecule has 1 aliphatic rings. The molecule has 2 rings (SSSR count). The molecule has 1 heterocycles. The van der Waals surface area contributed by atoms with Crippen LogP contribution in [0.2, 0.25) is 0 Å². The first-order valence-corrected chi connectivity index (χ1v) is 7.85. The number of nitrogens with zero attached hydrogens (tertiary/aromatic N) is 2. The number of likely N-dealkylation sites (tertiary alicyclic amines) is 1. The standard InChI is InChI=1S/C18H28N2O/c1-18(2,3)15-8-6-14(7-9-15)17(21)20(5)16-10-12-19(4)13-11-16/h6-9,16H,10-13H2,1-5H3. The van der Waals surface area contributed by atoms with Gasteiger partial charge in [0.15, 0.2) is 0 Å². The summed E-state index contributed by atoms with van der Waals surface area (Å²) in [5, 5.41) is 0. The fourth-order valence-corrected chi connectivity index (χ4v) is 2.86. The molecule has 0 saturated carbocycles. The van der Waals surface area contributed by atoms with Gasteiger partial charge in [0.2, 0.25) is 0 Å². The van der Waals surface area contributed by atoms with Crippen molar-refractivity contribution in [3.05, 3.63) is 35.4 Å². The van der Waals surface area contributed by atoms with Crippen LogP contribution in [0.25, 0.3) is 0 Å². The Labute approximate surface area is 128 Å². The van der Waals surface area contributed by atoms with Gasteiger partial charge in [-0.05, 0) is 56.1 Å². The fourth-order valence-electron chi connectivity index (χ4n) is 2.86. The van der Waals surface area contributed by atoms with Gasteiger partial charge < -0.3 is 9.80 Å². The average molecular weight is 288 g/mol. The topological polar surface area (TPSA) is 23.6 Å². The van der Waals surface area contributed by atoms with Crippen molar-refractivity contribution in [3.63, 3.8) is 0 Å². The Morgan fingerprint density at radius 1 is 1.14 bits per heavy atom. The second-order valence-electron chi connectivity index (χ2n) is 7.28. The second kappa shape index (κ2) is 6.18. The van der Waals surface area contributed by atoms with E-state index in [-0.39, 0.29) is 11.3 Å². The fraction of sp³-hybridized carbons (Fsp3) is 0.611. The van der Waals surface area contributed by atoms with E-state index < -0.39 is 0 Å². The van der Waals surface area contributed by atoms with Gasteiger partial charge in [-0.15, -0.1) is 0 Å². The van der Waals surface area contributed by atoms with Crippen molar-refractivity contribution in [2.24, 2.45) is 0 Å². The number of carbonyl (C=O) groups excluding carboxylic acids is 1. The third kappa shape index (κ3) is 3.85. The van der Waals surface area contributed by atoms with Crippen molar-refractivity contribution < 1.29 is 4.79 Å². The van der Waals surface area contributed by atoms with Crippen LogP contribution >= 0.6 is 0 Å². The molecule has 0 bridgehead atoms. The lowest BCUT2D eigenvalue weighted by molar-refractivity contribution is 0.0659. The quantitative estimate of drug-likeness (QED) is 0.834. The molecule has 1 aliphatic heterocycles. The monoisotopic (exact) mass is 288 g/mol. The maximum Gasteiger partial charge on any atom is 0.253 e. The number of benzene rings is 1. The highest BCUT2D eigenvalue weighted by Crippen LogP contribution is 2.23. The Morgan fingerprint density at radius 3 is 2.14 bits per heavy atom. The number of amides is 1. The van der Waals surface area contributed by atoms with E-state index >= 15 is 0 Å². The Morgan fingerprint density at radius 2 is 1.67 bits per heavy atom. The first kappa shape index (κ1) is 16.0. The summed E-state index contributed by atoms with van der Waals surface area (Å²) in [6, 6.07) is 8.46. The molecule has 0 aromatic heterocycles. The Kier molecular flexibility index (Phi) is 4.72. The first-order valence-electron chi connectivity index (χ1n) is 7.85. The zero-order valence-corrected chi connectivity index (χ0v) is 14.0. The van der Waals surface area contributed by atoms with Crippen LogP contribution in [-0.2, 0) is 5.41 Å². The summed E-state index contributed by atoms with van der Waals surface area (Å²) in [7, 11) is 4.08. The van der Waals surface area contributed by atoms with Gasteiger partial charge in [-0.2, -0.15) is 0 Å². The molecule has 0 aliphatic carbocycles. The summed E-state index contributed by atoms with van der Waals surface area (Å²) in [6.45, 7) is 8.72. The van der Waals surface area contributed by atoms with Crippen LogP contribution in [0.4, 0.5) is 0 Å². The van der Waals surface area contributed by atoms with E-state index in [1.54, 1.807) is 0 Å². The zero-order chi connectivity index (χ0) is 15.6. The molecule has 0 N–H and O–H groups in total. The highest BCUT2D eigenvalue weighted by molar-refractivity contribution is 5.94. The molecule has 1 aromatic rings. The van der Waals surface area contributed by atoms with Crippen molar-refractivity contribution >= 4 is 5.91 Å². The maximum atomic E-state index is 12.6. The summed E-state index contributed by atoms with van der Waals surface area (Å²) in [5.74, 6) is 0.144. The van der Waals surface area contributed by atoms with E-state index in [0.29, 0.717) is 6.04 Å². The number of hydrogen-bond acceptors (Lipinski definition) is 2. The molecule has 3 nitrogen and oxygen atoms in total. The molecule has 0 atom stereocenters. The van der Waals surface area contributed by atoms with Crippen molar-refractivity contribution in [1.29, 1.82) is 0 Å². The third-order valence-electron chi connectivity index (χ3n) is 4.55. The molecule has 0 spiro atoms. The number of rotatable bonds is 2. The molecular formula is C18H28N2O. The summed E-state index contributed by atoms with van der Waals surface area (Å²) in [6.07, 6.45) is 2.14. The van der Waals surface area contributed by atoms with Crippen LogP contribution in [0.5, 0.6) is 0 Å². The Balaban J connectivity index is 2.05. The van der Waals surface area contributed by atoms with Crippen LogP contribution < -0.4 is 0 Å². The molecule has 3 heteroatoms. The zero-order valence-electron chi connectivity index (χ0n) is 14.0. The molecule has 116 valence electrons. The van der Waals surface area contributed by atoms with Gasteiger partial charge in [0, 0.05) is 18.7 Å². The highest BCUT2D eigenvalue weighted by Gasteiger charge is 2.25. The smallest absolute Gasteiger partial charge is 0.253 e. The maximum absolute atomic E-state index is 12.6. The van der Waals surface area contributed by atoms with Gasteiger partial charge in [0.25, 0.3) is 5.91 Å². The van der Waals surface area contributed by atoms with Crippen LogP contribution in [0.15, 0.2) is 24.3 Å². The van der Waals surface area contributed by atoms with Crippen molar-refractivity contribution in [1.82, 2.24) is 9.80 Å². The van der Waals surface area contributed by atoms with Crippen LogP contribution in [-0.4, -0.2) is 48.9 Å². The molecular weight excluding hydrogens is 260 g/mol. The largest absolute Gasteiger partial charge is 0.339 e. The van der Waals surface area contributed by atoms with Crippen molar-refractivity contribution in [2.75, 3.05) is 27.2 Å². The van der Waals surface area contributed by atoms with Crippen molar-refractivity contribution in [2.45, 2.75) is 45.1 Å². The summed E-state index contributed by atoms with van der Waals surface area (Å²) in [5.41, 5.74) is 2.19. The Bertz CT molecular complexity index is 479. The summed E-state index contributed by atoms with van der Waals surface area (Å²) >= 11 is 0. The second-order valence-corrected chi connectivity index (χ2v) is 7.28. The molecule has 0 radical (unpaired) electrons. The lowest BCUT2D eigenvalue weighted by Crippen LogP contribution is -2.44. The minimum atomic E-state index is 0.126. The van der Waals surface area contributed by atoms with Crippen molar-refractivity contribution in [3.8, 4) is 0 Å². The highest BCUT2D eigenvalue weighted by atomic mass is 16.2. The van der Waals surface area contributed by atoms with E-state index in [9.17, 15) is 4.79 Å². The average Bonchev–Trinajstić information content (AvgIpc) is 2.46. The lowest BCUT2D eigenvalue weighted by atomic mass is 9.86. The predicted octanol–water partition coefficient (Wildman–Crippen LogP) is 3.15. The number of hydrogen-bond donors (Lipinski definition) is 0. The molecule has 1 fully saturated rings. The van der Waals surface area contributed by atoms with Gasteiger partial charge in [-0.1, -0.05) is 32.9 Å². The van der Waals surface area contributed by atoms with E-state index in [0.717, 1.165) is 31.5 Å². The summed E-state index contributed by atoms with van der Waals surface area (Å²) < 4.78 is 0. The SMILES string of the molecule is CN1CCC(N(C)C(=O)c2ccc(C(C)(C)C)cc2)CC1. The van der Waals surface area contributed by atoms with E-state index in [1.165, 1.54) is 5.56 Å². The minimum absolute atomic E-state index is 0.126. The van der Waals surface area contributed by atoms with E-state index in [2.05, 4.69) is 44.9 Å². The van der Waals surface area contributed by atoms with Crippen LogP contribution in [0, 0.1) is 0 Å². The molecule has 1 saturated heterocycles. The number of piperidine rings is 1. The van der Waals surface area contributed by atoms with E-state index in [1.807, 2.05) is 24.1 Å². The first-order chi connectivity index (χ1) is 9.79. The number of carbonyl (C=O) groups is 1. The van der Waals surface area contributed by atoms with Gasteiger partial charge in [0.1, 0.15) is 0 Å². The molecule has 1 amide bonds. The molecule has 1 aromatic carbocycles. The van der Waals surface area contributed by atoms with E-state index in [4.69, 9.17) is 0 Å². The molecule has 21 heavy (non-hydrogen) atoms. The predicted molar refractivity (Wildman–Crippen MR) is 87.8 cm³/mol. The van der Waals surface area contributed by atoms with Gasteiger partial charge in [-0.25, -0.2) is 0 Å². The normalized spacial score (nSPS) is 17.8. The van der Waals surface area contributed by atoms with Gasteiger partial charge in [-0.3, -0.25) is 4.79 Å². The van der Waals surface area contributed by atoms with Crippen LogP contribution in [0.3, 0.4) is 0 Å². The molecule has 0 unspecified atom stereocenters. The summed E-state index contributed by atoms with van der Waals surface area (Å²) in [4.78, 5) is 16.9.